The Hall–Kier alpha value is -2.73. The van der Waals surface area contributed by atoms with E-state index in [2.05, 4.69) is 21.7 Å². The average Bonchev–Trinajstić information content (AvgIpc) is 3.08. The van der Waals surface area contributed by atoms with Crippen LogP contribution in [0.4, 0.5) is 0 Å². The summed E-state index contributed by atoms with van der Waals surface area (Å²) >= 11 is 1.70. The Bertz CT molecular complexity index is 917. The number of aromatic nitrogens is 1. The van der Waals surface area contributed by atoms with Crippen LogP contribution in [0.1, 0.15) is 41.9 Å². The van der Waals surface area contributed by atoms with Gasteiger partial charge in [0.1, 0.15) is 0 Å². The van der Waals surface area contributed by atoms with Gasteiger partial charge in [-0.05, 0) is 31.0 Å². The summed E-state index contributed by atoms with van der Waals surface area (Å²) in [6.45, 7) is 4.07. The van der Waals surface area contributed by atoms with Gasteiger partial charge in [0, 0.05) is 19.9 Å². The van der Waals surface area contributed by atoms with Crippen molar-refractivity contribution in [3.05, 3.63) is 64.7 Å². The largest absolute Gasteiger partial charge is 0.356 e. The van der Waals surface area contributed by atoms with Gasteiger partial charge in [0.05, 0.1) is 27.7 Å². The molecule has 1 aromatic heterocycles. The molecule has 1 atom stereocenters. The van der Waals surface area contributed by atoms with Crippen LogP contribution in [0.2, 0.25) is 0 Å². The zero-order chi connectivity index (χ0) is 19.9. The summed E-state index contributed by atoms with van der Waals surface area (Å²) in [6, 6.07) is 15.7. The van der Waals surface area contributed by atoms with Gasteiger partial charge in [-0.15, -0.1) is 11.3 Å². The van der Waals surface area contributed by atoms with Gasteiger partial charge in [-0.1, -0.05) is 42.0 Å². The first-order valence-electron chi connectivity index (χ1n) is 9.46. The highest BCUT2D eigenvalue weighted by atomic mass is 32.1. The molecular weight excluding hydrogens is 370 g/mol. The van der Waals surface area contributed by atoms with Gasteiger partial charge >= 0.3 is 0 Å². The van der Waals surface area contributed by atoms with Crippen LogP contribution in [0.25, 0.3) is 10.2 Å². The fraction of sp³-hybridized carbons (Fsp3) is 0.318. The third-order valence-electron chi connectivity index (χ3n) is 4.47. The van der Waals surface area contributed by atoms with Gasteiger partial charge in [-0.2, -0.15) is 0 Å². The summed E-state index contributed by atoms with van der Waals surface area (Å²) in [7, 11) is 0. The van der Waals surface area contributed by atoms with E-state index in [-0.39, 0.29) is 24.3 Å². The fourth-order valence-electron chi connectivity index (χ4n) is 3.05. The van der Waals surface area contributed by atoms with Crippen LogP contribution in [0, 0.1) is 6.92 Å². The summed E-state index contributed by atoms with van der Waals surface area (Å²) in [5, 5.41) is 6.92. The first kappa shape index (κ1) is 20.0. The second kappa shape index (κ2) is 9.46. The van der Waals surface area contributed by atoms with E-state index in [1.807, 2.05) is 49.4 Å². The van der Waals surface area contributed by atoms with Crippen molar-refractivity contribution in [3.8, 4) is 0 Å². The lowest BCUT2D eigenvalue weighted by molar-refractivity contribution is -0.122. The minimum absolute atomic E-state index is 0.0661. The maximum absolute atomic E-state index is 12.4. The van der Waals surface area contributed by atoms with Crippen LogP contribution < -0.4 is 10.6 Å². The number of hydrogen-bond acceptors (Lipinski definition) is 4. The zero-order valence-electron chi connectivity index (χ0n) is 16.2. The predicted octanol–water partition coefficient (Wildman–Crippen LogP) is 3.92. The molecule has 0 saturated carbocycles. The van der Waals surface area contributed by atoms with Crippen LogP contribution >= 0.6 is 11.3 Å². The van der Waals surface area contributed by atoms with E-state index >= 15 is 0 Å². The third-order valence-corrected chi connectivity index (χ3v) is 5.57. The Balaban J connectivity index is 1.48. The predicted molar refractivity (Wildman–Crippen MR) is 113 cm³/mol. The molecule has 2 amide bonds. The van der Waals surface area contributed by atoms with Gasteiger partial charge in [0.25, 0.3) is 0 Å². The Morgan fingerprint density at radius 1 is 1.11 bits per heavy atom. The van der Waals surface area contributed by atoms with Crippen LogP contribution in [0.3, 0.4) is 0 Å². The number of carbonyl (C=O) groups is 2. The molecule has 3 aromatic rings. The minimum atomic E-state index is -0.317. The molecule has 0 aliphatic carbocycles. The first-order valence-corrected chi connectivity index (χ1v) is 10.3. The van der Waals surface area contributed by atoms with Gasteiger partial charge in [-0.25, -0.2) is 4.98 Å². The van der Waals surface area contributed by atoms with Crippen molar-refractivity contribution in [1.29, 1.82) is 0 Å². The monoisotopic (exact) mass is 395 g/mol. The fourth-order valence-corrected chi connectivity index (χ4v) is 4.06. The standard InChI is InChI=1S/C22H25N3O2S/c1-15-9-11-17(12-10-15)19(24-16(2)26)14-21(27)23-13-5-8-22-25-18-6-3-4-7-20(18)28-22/h3-4,6-7,9-12,19H,5,8,13-14H2,1-2H3,(H,23,27)(H,24,26). The Morgan fingerprint density at radius 2 is 1.86 bits per heavy atom. The highest BCUT2D eigenvalue weighted by molar-refractivity contribution is 7.18. The molecule has 0 saturated heterocycles. The summed E-state index contributed by atoms with van der Waals surface area (Å²) < 4.78 is 1.19. The normalized spacial score (nSPS) is 11.9. The van der Waals surface area contributed by atoms with Crippen molar-refractivity contribution in [1.82, 2.24) is 15.6 Å². The Morgan fingerprint density at radius 3 is 2.57 bits per heavy atom. The van der Waals surface area contributed by atoms with Crippen molar-refractivity contribution in [3.63, 3.8) is 0 Å². The molecule has 3 rings (SSSR count). The molecule has 2 N–H and O–H groups in total. The highest BCUT2D eigenvalue weighted by Crippen LogP contribution is 2.22. The molecule has 0 aliphatic rings. The topological polar surface area (TPSA) is 71.1 Å². The van der Waals surface area contributed by atoms with E-state index in [0.717, 1.165) is 34.5 Å². The van der Waals surface area contributed by atoms with Crippen molar-refractivity contribution in [2.24, 2.45) is 0 Å². The lowest BCUT2D eigenvalue weighted by Gasteiger charge is -2.18. The number of para-hydroxylation sites is 1. The molecule has 0 aliphatic heterocycles. The number of nitrogens with one attached hydrogen (secondary N) is 2. The van der Waals surface area contributed by atoms with Crippen LogP contribution in [0.5, 0.6) is 0 Å². The average molecular weight is 396 g/mol. The van der Waals surface area contributed by atoms with Crippen LogP contribution in [-0.2, 0) is 16.0 Å². The number of carbonyl (C=O) groups excluding carboxylic acids is 2. The zero-order valence-corrected chi connectivity index (χ0v) is 17.0. The summed E-state index contributed by atoms with van der Waals surface area (Å²) in [6.07, 6.45) is 1.90. The van der Waals surface area contributed by atoms with Gasteiger partial charge in [0.15, 0.2) is 0 Å². The van der Waals surface area contributed by atoms with E-state index in [1.54, 1.807) is 11.3 Å². The van der Waals surface area contributed by atoms with Crippen molar-refractivity contribution in [2.75, 3.05) is 6.54 Å². The summed E-state index contributed by atoms with van der Waals surface area (Å²) in [5.41, 5.74) is 3.11. The van der Waals surface area contributed by atoms with Crippen LogP contribution in [-0.4, -0.2) is 23.3 Å². The van der Waals surface area contributed by atoms with E-state index in [1.165, 1.54) is 11.6 Å². The van der Waals surface area contributed by atoms with E-state index in [9.17, 15) is 9.59 Å². The minimum Gasteiger partial charge on any atom is -0.356 e. The van der Waals surface area contributed by atoms with Crippen molar-refractivity contribution < 1.29 is 9.59 Å². The number of hydrogen-bond donors (Lipinski definition) is 2. The number of rotatable bonds is 8. The maximum atomic E-state index is 12.4. The Kier molecular flexibility index (Phi) is 6.76. The number of aryl methyl sites for hydroxylation is 2. The molecule has 1 unspecified atom stereocenters. The summed E-state index contributed by atoms with van der Waals surface area (Å²) in [4.78, 5) is 28.5. The van der Waals surface area contributed by atoms with Gasteiger partial charge in [0.2, 0.25) is 11.8 Å². The van der Waals surface area contributed by atoms with Gasteiger partial charge in [-0.3, -0.25) is 9.59 Å². The molecule has 0 fully saturated rings. The van der Waals surface area contributed by atoms with E-state index in [0.29, 0.717) is 6.54 Å². The number of benzene rings is 2. The van der Waals surface area contributed by atoms with Gasteiger partial charge < -0.3 is 10.6 Å². The number of fused-ring (bicyclic) bond motifs is 1. The lowest BCUT2D eigenvalue weighted by atomic mass is 10.0. The molecule has 0 spiro atoms. The summed E-state index contributed by atoms with van der Waals surface area (Å²) in [5.74, 6) is -0.210. The third kappa shape index (κ3) is 5.63. The Labute approximate surface area is 169 Å². The molecule has 28 heavy (non-hydrogen) atoms. The SMILES string of the molecule is CC(=O)NC(CC(=O)NCCCc1nc2ccccc2s1)c1ccc(C)cc1. The number of nitrogens with zero attached hydrogens (tertiary/aromatic N) is 1. The number of amides is 2. The second-order valence-corrected chi connectivity index (χ2v) is 8.01. The first-order chi connectivity index (χ1) is 13.5. The highest BCUT2D eigenvalue weighted by Gasteiger charge is 2.17. The molecule has 2 aromatic carbocycles. The molecule has 5 nitrogen and oxygen atoms in total. The van der Waals surface area contributed by atoms with Crippen molar-refractivity contribution in [2.45, 2.75) is 39.2 Å². The lowest BCUT2D eigenvalue weighted by Crippen LogP contribution is -2.33. The quantitative estimate of drug-likeness (QED) is 0.568. The molecule has 146 valence electrons. The van der Waals surface area contributed by atoms with E-state index in [4.69, 9.17) is 0 Å². The maximum Gasteiger partial charge on any atom is 0.222 e. The smallest absolute Gasteiger partial charge is 0.222 e. The molecule has 0 bridgehead atoms. The molecule has 6 heteroatoms. The van der Waals surface area contributed by atoms with Crippen LogP contribution in [0.15, 0.2) is 48.5 Å². The molecule has 0 radical (unpaired) electrons. The molecular formula is C22H25N3O2S. The second-order valence-electron chi connectivity index (χ2n) is 6.90. The molecule has 1 heterocycles. The van der Waals surface area contributed by atoms with Crippen molar-refractivity contribution >= 4 is 33.4 Å². The van der Waals surface area contributed by atoms with E-state index < -0.39 is 0 Å². The number of thiazole rings is 1.